The summed E-state index contributed by atoms with van der Waals surface area (Å²) in [6.45, 7) is 0.0648. The third-order valence-electron chi connectivity index (χ3n) is 1.21. The van der Waals surface area contributed by atoms with Crippen molar-refractivity contribution in [3.8, 4) is 5.63 Å². The van der Waals surface area contributed by atoms with Gasteiger partial charge >= 0.3 is 94.8 Å². The molecule has 0 saturated carbocycles. The second-order valence-corrected chi connectivity index (χ2v) is 4.30. The van der Waals surface area contributed by atoms with E-state index in [0.717, 1.165) is 11.5 Å². The van der Waals surface area contributed by atoms with Gasteiger partial charge in [-0.2, -0.15) is 0 Å². The minimum atomic E-state index is -0.464. The van der Waals surface area contributed by atoms with E-state index in [-0.39, 0.29) is 29.5 Å². The van der Waals surface area contributed by atoms with Gasteiger partial charge in [-0.05, 0) is 0 Å². The van der Waals surface area contributed by atoms with E-state index in [2.05, 4.69) is 15.3 Å². The van der Waals surface area contributed by atoms with E-state index in [9.17, 15) is 9.36 Å². The van der Waals surface area contributed by atoms with E-state index in [1.165, 1.54) is 0 Å². The first kappa shape index (κ1) is 11.8. The summed E-state index contributed by atoms with van der Waals surface area (Å²) >= 11 is 12.2. The zero-order chi connectivity index (χ0) is 10.6. The Morgan fingerprint density at radius 3 is 2.86 bits per heavy atom. The minimum absolute atomic E-state index is 0.0648. The van der Waals surface area contributed by atoms with Crippen LogP contribution in [0.2, 0.25) is 9.36 Å². The Balaban J connectivity index is 2.73. The fourth-order valence-corrected chi connectivity index (χ4v) is 1.78. The number of nitrogens with one attached hydrogen (secondary N) is 1. The van der Waals surface area contributed by atoms with E-state index in [0.29, 0.717) is 0 Å². The van der Waals surface area contributed by atoms with Gasteiger partial charge in [0.15, 0.2) is 0 Å². The second-order valence-electron chi connectivity index (χ2n) is 2.05. The van der Waals surface area contributed by atoms with Crippen LogP contribution in [0.1, 0.15) is 10.5 Å². The molecular formula is C6H3Cl2N2O2PS. The van der Waals surface area contributed by atoms with Crippen LogP contribution in [0, 0.1) is 5.63 Å². The summed E-state index contributed by atoms with van der Waals surface area (Å²) in [5.41, 5.74) is 2.43. The number of carbonyl (C=O) groups excluding carboxylic acids is 1. The number of aromatic nitrogens is 1. The number of hydrogen-bond donors (Lipinski definition) is 1. The van der Waals surface area contributed by atoms with Gasteiger partial charge in [-0.3, -0.25) is 0 Å². The molecule has 0 fully saturated rings. The Morgan fingerprint density at radius 1 is 1.64 bits per heavy atom. The van der Waals surface area contributed by atoms with Gasteiger partial charge in [0, 0.05) is 0 Å². The van der Waals surface area contributed by atoms with Gasteiger partial charge in [-0.15, -0.1) is 0 Å². The fourth-order valence-electron chi connectivity index (χ4n) is 0.636. The van der Waals surface area contributed by atoms with E-state index in [1.54, 1.807) is 0 Å². The van der Waals surface area contributed by atoms with Crippen LogP contribution < -0.4 is 5.32 Å². The molecule has 0 atom stereocenters. The predicted molar refractivity (Wildman–Crippen MR) is 56.0 cm³/mol. The van der Waals surface area contributed by atoms with Crippen molar-refractivity contribution in [2.24, 2.45) is 0 Å². The van der Waals surface area contributed by atoms with Crippen molar-refractivity contribution in [1.29, 1.82) is 0 Å². The molecule has 74 valence electrons. The molecule has 1 heterocycles. The van der Waals surface area contributed by atoms with E-state index in [1.807, 2.05) is 0 Å². The Hall–Kier alpha value is -0.310. The maximum absolute atomic E-state index is 11.3. The van der Waals surface area contributed by atoms with Crippen molar-refractivity contribution in [2.75, 3.05) is 6.54 Å². The van der Waals surface area contributed by atoms with E-state index >= 15 is 0 Å². The molecular weight excluding hydrogens is 266 g/mol. The molecule has 0 aromatic carbocycles. The van der Waals surface area contributed by atoms with Crippen molar-refractivity contribution in [1.82, 2.24) is 9.69 Å². The Bertz CT molecular complexity index is 455. The summed E-state index contributed by atoms with van der Waals surface area (Å²) in [6.07, 6.45) is 0. The molecule has 1 N–H and O–H groups in total. The third kappa shape index (κ3) is 2.84. The molecule has 0 saturated heterocycles. The Kier molecular flexibility index (Phi) is 4.66. The topological polar surface area (TPSA) is 59.1 Å². The van der Waals surface area contributed by atoms with Crippen molar-refractivity contribution >= 4 is 48.6 Å². The standard InChI is InChI=1S/C6H3Cl2N2O2PS/c7-3-4(10-14-5(3)8)6(11)9-1-2-13-12/h1H2,(H,9,11). The zero-order valence-electron chi connectivity index (χ0n) is 6.58. The predicted octanol–water partition coefficient (Wildman–Crippen LogP) is 2.43. The monoisotopic (exact) mass is 268 g/mol. The number of amides is 1. The normalized spacial score (nSPS) is 9.29. The average molecular weight is 269 g/mol. The van der Waals surface area contributed by atoms with Crippen LogP contribution >= 0.6 is 42.6 Å². The van der Waals surface area contributed by atoms with Crippen LogP contribution in [0.3, 0.4) is 0 Å². The first-order valence-electron chi connectivity index (χ1n) is 3.31. The Labute approximate surface area is 94.9 Å². The molecule has 8 heteroatoms. The van der Waals surface area contributed by atoms with Gasteiger partial charge in [-0.1, -0.05) is 0 Å². The molecule has 0 aliphatic heterocycles. The summed E-state index contributed by atoms with van der Waals surface area (Å²) in [6, 6.07) is 0. The first-order valence-corrected chi connectivity index (χ1v) is 5.65. The molecule has 0 unspecified atom stereocenters. The quantitative estimate of drug-likeness (QED) is 0.839. The van der Waals surface area contributed by atoms with Gasteiger partial charge in [0.1, 0.15) is 0 Å². The van der Waals surface area contributed by atoms with Crippen LogP contribution in [0.15, 0.2) is 0 Å². The van der Waals surface area contributed by atoms with Crippen LogP contribution in [0.25, 0.3) is 0 Å². The van der Waals surface area contributed by atoms with Gasteiger partial charge in [0.05, 0.1) is 0 Å². The molecule has 14 heavy (non-hydrogen) atoms. The number of hydrogen-bond acceptors (Lipinski definition) is 4. The second kappa shape index (κ2) is 5.54. The van der Waals surface area contributed by atoms with Crippen molar-refractivity contribution in [3.05, 3.63) is 15.1 Å². The molecule has 0 bridgehead atoms. The first-order chi connectivity index (χ1) is 6.66. The summed E-state index contributed by atoms with van der Waals surface area (Å²) in [7, 11) is -0.259. The molecule has 1 aromatic heterocycles. The van der Waals surface area contributed by atoms with Gasteiger partial charge in [0.2, 0.25) is 0 Å². The summed E-state index contributed by atoms with van der Waals surface area (Å²) < 4.78 is 14.0. The van der Waals surface area contributed by atoms with Gasteiger partial charge in [0.25, 0.3) is 0 Å². The molecule has 4 nitrogen and oxygen atoms in total. The maximum atomic E-state index is 11.3. The number of halogens is 2. The molecule has 0 aliphatic carbocycles. The number of rotatable bonds is 2. The molecule has 1 amide bonds. The van der Waals surface area contributed by atoms with E-state index in [4.69, 9.17) is 23.2 Å². The van der Waals surface area contributed by atoms with E-state index < -0.39 is 5.91 Å². The van der Waals surface area contributed by atoms with Gasteiger partial charge < -0.3 is 0 Å². The molecule has 0 aliphatic rings. The SMILES string of the molecule is O=P#CCNC(=O)c1nsc(Cl)c1Cl. The Morgan fingerprint density at radius 2 is 2.36 bits per heavy atom. The van der Waals surface area contributed by atoms with Crippen molar-refractivity contribution in [3.63, 3.8) is 0 Å². The van der Waals surface area contributed by atoms with Crippen molar-refractivity contribution < 1.29 is 9.36 Å². The molecule has 1 aromatic rings. The zero-order valence-corrected chi connectivity index (χ0v) is 9.80. The summed E-state index contributed by atoms with van der Waals surface area (Å²) in [4.78, 5) is 11.3. The van der Waals surface area contributed by atoms with Crippen molar-refractivity contribution in [2.45, 2.75) is 0 Å². The summed E-state index contributed by atoms with van der Waals surface area (Å²) in [5.74, 6) is -0.464. The van der Waals surface area contributed by atoms with Crippen LogP contribution in [0.5, 0.6) is 0 Å². The molecule has 0 spiro atoms. The van der Waals surface area contributed by atoms with Crippen LogP contribution in [-0.2, 0) is 4.57 Å². The van der Waals surface area contributed by atoms with Crippen LogP contribution in [0.4, 0.5) is 0 Å². The third-order valence-corrected chi connectivity index (χ3v) is 3.10. The van der Waals surface area contributed by atoms with Gasteiger partial charge in [-0.25, -0.2) is 0 Å². The summed E-state index contributed by atoms with van der Waals surface area (Å²) in [5, 5.41) is 2.53. The fraction of sp³-hybridized carbons (Fsp3) is 0.167. The molecule has 1 rings (SSSR count). The average Bonchev–Trinajstić information content (AvgIpc) is 2.48. The van der Waals surface area contributed by atoms with Crippen LogP contribution in [-0.4, -0.2) is 16.8 Å². The number of carbonyl (C=O) groups is 1. The molecule has 0 radical (unpaired) electrons. The number of nitrogens with zero attached hydrogens (tertiary/aromatic N) is 1.